The van der Waals surface area contributed by atoms with E-state index in [4.69, 9.17) is 14.3 Å². The number of aromatic carboxylic acids is 1. The number of furan rings is 1. The smallest absolute Gasteiger partial charge is 0.496 e. The van der Waals surface area contributed by atoms with E-state index in [0.717, 1.165) is 17.7 Å². The maximum Gasteiger partial charge on any atom is 0.573 e. The first kappa shape index (κ1) is 29.7. The SMILES string of the molecule is COc1c(CCc2ccc(C(=O)O)o2)cccc1C1SC(c2ccc(F)cc2)=NN1C(=O)c1ccc(OC(F)(F)F)cc1. The van der Waals surface area contributed by atoms with E-state index in [1.54, 1.807) is 18.2 Å². The van der Waals surface area contributed by atoms with Crippen LogP contribution in [-0.2, 0) is 12.8 Å². The molecule has 3 aromatic carbocycles. The van der Waals surface area contributed by atoms with Gasteiger partial charge in [-0.15, -0.1) is 13.2 Å². The number of aryl methyl sites for hydroxylation is 2. The van der Waals surface area contributed by atoms with Crippen molar-refractivity contribution >= 4 is 28.7 Å². The van der Waals surface area contributed by atoms with Crippen LogP contribution in [0.4, 0.5) is 17.6 Å². The highest BCUT2D eigenvalue weighted by Crippen LogP contribution is 2.46. The van der Waals surface area contributed by atoms with Crippen LogP contribution < -0.4 is 9.47 Å². The van der Waals surface area contributed by atoms with Crippen molar-refractivity contribution in [2.45, 2.75) is 24.6 Å². The molecule has 1 atom stereocenters. The first-order valence-corrected chi connectivity index (χ1v) is 13.6. The second kappa shape index (κ2) is 12.2. The second-order valence-corrected chi connectivity index (χ2v) is 10.3. The lowest BCUT2D eigenvalue weighted by molar-refractivity contribution is -0.274. The number of halogens is 4. The van der Waals surface area contributed by atoms with E-state index in [1.807, 2.05) is 6.07 Å². The number of carboxylic acid groups (broad SMARTS) is 1. The van der Waals surface area contributed by atoms with Gasteiger partial charge in [-0.2, -0.15) is 5.10 Å². The molecule has 1 amide bonds. The van der Waals surface area contributed by atoms with Gasteiger partial charge in [-0.3, -0.25) is 4.79 Å². The first-order chi connectivity index (χ1) is 20.5. The Kier molecular flexibility index (Phi) is 8.44. The predicted molar refractivity (Wildman–Crippen MR) is 149 cm³/mol. The molecule has 43 heavy (non-hydrogen) atoms. The van der Waals surface area contributed by atoms with Gasteiger partial charge < -0.3 is 19.0 Å². The van der Waals surface area contributed by atoms with E-state index >= 15 is 0 Å². The van der Waals surface area contributed by atoms with Crippen LogP contribution >= 0.6 is 11.8 Å². The average Bonchev–Trinajstić information content (AvgIpc) is 3.64. The van der Waals surface area contributed by atoms with Crippen molar-refractivity contribution < 1.29 is 46.1 Å². The maximum absolute atomic E-state index is 13.7. The molecule has 0 radical (unpaired) electrons. The largest absolute Gasteiger partial charge is 0.573 e. The van der Waals surface area contributed by atoms with E-state index in [-0.39, 0.29) is 11.3 Å². The fourth-order valence-electron chi connectivity index (χ4n) is 4.46. The van der Waals surface area contributed by atoms with Crippen LogP contribution in [0.25, 0.3) is 0 Å². The topological polar surface area (TPSA) is 102 Å². The molecule has 1 N–H and O–H groups in total. The molecule has 2 heterocycles. The molecular weight excluding hydrogens is 592 g/mol. The highest BCUT2D eigenvalue weighted by molar-refractivity contribution is 8.14. The summed E-state index contributed by atoms with van der Waals surface area (Å²) in [5.74, 6) is -1.93. The molecule has 13 heteroatoms. The lowest BCUT2D eigenvalue weighted by Crippen LogP contribution is -2.26. The van der Waals surface area contributed by atoms with Gasteiger partial charge in [-0.25, -0.2) is 14.2 Å². The molecule has 1 aliphatic rings. The number of alkyl halides is 3. The number of benzene rings is 3. The normalized spacial score (nSPS) is 14.9. The summed E-state index contributed by atoms with van der Waals surface area (Å²) >= 11 is 1.22. The minimum absolute atomic E-state index is 0.0615. The summed E-state index contributed by atoms with van der Waals surface area (Å²) in [4.78, 5) is 24.8. The number of carbonyl (C=O) groups is 2. The van der Waals surface area contributed by atoms with E-state index < -0.39 is 35.2 Å². The molecule has 0 saturated heterocycles. The zero-order chi connectivity index (χ0) is 30.7. The van der Waals surface area contributed by atoms with Crippen molar-refractivity contribution in [1.82, 2.24) is 5.01 Å². The Bertz CT molecular complexity index is 1670. The Labute approximate surface area is 246 Å². The van der Waals surface area contributed by atoms with Crippen LogP contribution in [0, 0.1) is 5.82 Å². The van der Waals surface area contributed by atoms with Crippen LogP contribution in [0.15, 0.2) is 88.4 Å². The molecule has 5 rings (SSSR count). The molecule has 1 unspecified atom stereocenters. The third-order valence-corrected chi connectivity index (χ3v) is 7.61. The monoisotopic (exact) mass is 614 g/mol. The van der Waals surface area contributed by atoms with E-state index in [2.05, 4.69) is 9.84 Å². The number of methoxy groups -OCH3 is 1. The van der Waals surface area contributed by atoms with Gasteiger partial charge in [0.25, 0.3) is 5.91 Å². The number of hydrazone groups is 1. The number of hydrogen-bond acceptors (Lipinski definition) is 7. The average molecular weight is 615 g/mol. The highest BCUT2D eigenvalue weighted by Gasteiger charge is 2.37. The number of thioether (sulfide) groups is 1. The number of para-hydroxylation sites is 1. The summed E-state index contributed by atoms with van der Waals surface area (Å²) in [6.07, 6.45) is -4.09. The third-order valence-electron chi connectivity index (χ3n) is 6.39. The maximum atomic E-state index is 13.7. The number of ether oxygens (including phenoxy) is 2. The first-order valence-electron chi connectivity index (χ1n) is 12.7. The second-order valence-electron chi connectivity index (χ2n) is 9.21. The van der Waals surface area contributed by atoms with Crippen molar-refractivity contribution in [1.29, 1.82) is 0 Å². The number of nitrogens with zero attached hydrogens (tertiary/aromatic N) is 2. The molecular formula is C30H22F4N2O6S. The number of carbonyl (C=O) groups excluding carboxylic acids is 1. The van der Waals surface area contributed by atoms with Crippen LogP contribution in [0.3, 0.4) is 0 Å². The van der Waals surface area contributed by atoms with Gasteiger partial charge in [0.15, 0.2) is 0 Å². The third kappa shape index (κ3) is 6.83. The zero-order valence-corrected chi connectivity index (χ0v) is 23.1. The van der Waals surface area contributed by atoms with Crippen molar-refractivity contribution in [3.8, 4) is 11.5 Å². The van der Waals surface area contributed by atoms with Gasteiger partial charge in [-0.05, 0) is 72.6 Å². The Balaban J connectivity index is 1.47. The molecule has 0 aliphatic carbocycles. The molecule has 0 fully saturated rings. The molecule has 222 valence electrons. The van der Waals surface area contributed by atoms with Crippen LogP contribution in [0.2, 0.25) is 0 Å². The van der Waals surface area contributed by atoms with E-state index in [9.17, 15) is 27.2 Å². The van der Waals surface area contributed by atoms with Gasteiger partial charge in [0.2, 0.25) is 5.76 Å². The number of rotatable bonds is 9. The summed E-state index contributed by atoms with van der Waals surface area (Å²) in [5, 5.41) is 14.5. The van der Waals surface area contributed by atoms with Gasteiger partial charge in [0.1, 0.15) is 33.5 Å². The molecule has 1 aromatic heterocycles. The van der Waals surface area contributed by atoms with E-state index in [0.29, 0.717) is 40.5 Å². The summed E-state index contributed by atoms with van der Waals surface area (Å²) < 4.78 is 66.5. The summed E-state index contributed by atoms with van der Waals surface area (Å²) in [6, 6.07) is 18.4. The fraction of sp³-hybridized carbons (Fsp3) is 0.167. The quantitative estimate of drug-likeness (QED) is 0.202. The Morgan fingerprint density at radius 2 is 1.72 bits per heavy atom. The zero-order valence-electron chi connectivity index (χ0n) is 22.3. The summed E-state index contributed by atoms with van der Waals surface area (Å²) in [5.41, 5.74) is 1.96. The van der Waals surface area contributed by atoms with E-state index in [1.165, 1.54) is 66.3 Å². The summed E-state index contributed by atoms with van der Waals surface area (Å²) in [7, 11) is 1.48. The lowest BCUT2D eigenvalue weighted by Gasteiger charge is -2.24. The number of carboxylic acids is 1. The predicted octanol–water partition coefficient (Wildman–Crippen LogP) is 7.06. The highest BCUT2D eigenvalue weighted by atomic mass is 32.2. The fourth-order valence-corrected chi connectivity index (χ4v) is 5.63. The summed E-state index contributed by atoms with van der Waals surface area (Å²) in [6.45, 7) is 0. The Morgan fingerprint density at radius 3 is 2.35 bits per heavy atom. The Morgan fingerprint density at radius 1 is 1.00 bits per heavy atom. The molecule has 1 aliphatic heterocycles. The van der Waals surface area contributed by atoms with Gasteiger partial charge in [-0.1, -0.05) is 30.0 Å². The molecule has 0 saturated carbocycles. The lowest BCUT2D eigenvalue weighted by atomic mass is 10.0. The minimum atomic E-state index is -4.88. The molecule has 0 bridgehead atoms. The number of amides is 1. The molecule has 8 nitrogen and oxygen atoms in total. The van der Waals surface area contributed by atoms with Gasteiger partial charge in [0.05, 0.1) is 7.11 Å². The van der Waals surface area contributed by atoms with Crippen LogP contribution in [-0.4, -0.2) is 40.5 Å². The van der Waals surface area contributed by atoms with Crippen molar-refractivity contribution in [3.05, 3.63) is 118 Å². The van der Waals surface area contributed by atoms with Crippen molar-refractivity contribution in [2.24, 2.45) is 5.10 Å². The van der Waals surface area contributed by atoms with Crippen molar-refractivity contribution in [2.75, 3.05) is 7.11 Å². The number of hydrogen-bond donors (Lipinski definition) is 1. The molecule has 0 spiro atoms. The van der Waals surface area contributed by atoms with Crippen molar-refractivity contribution in [3.63, 3.8) is 0 Å². The van der Waals surface area contributed by atoms with Crippen LogP contribution in [0.5, 0.6) is 11.5 Å². The van der Waals surface area contributed by atoms with Gasteiger partial charge in [0, 0.05) is 23.1 Å². The molecule has 4 aromatic rings. The standard InChI is InChI=1S/C30H22F4N2O6S/c1-40-25-17(7-12-21-15-16-24(41-21)29(38)39)3-2-4-23(25)28-36(35-26(43-28)18-5-10-20(31)11-6-18)27(37)19-8-13-22(14-9-19)42-30(32,33)34/h2-6,8-11,13-16,28H,7,12H2,1H3,(H,38,39). The van der Waals surface area contributed by atoms with Crippen LogP contribution in [0.1, 0.15) is 48.7 Å². The minimum Gasteiger partial charge on any atom is -0.496 e. The van der Waals surface area contributed by atoms with Gasteiger partial charge >= 0.3 is 12.3 Å². The Hall–Kier alpha value is -4.78.